The zero-order valence-electron chi connectivity index (χ0n) is 17.8. The lowest BCUT2D eigenvalue weighted by molar-refractivity contribution is -0.123. The minimum atomic E-state index is -1.37. The van der Waals surface area contributed by atoms with E-state index in [2.05, 4.69) is 21.7 Å². The van der Waals surface area contributed by atoms with E-state index < -0.39 is 16.7 Å². The fourth-order valence-electron chi connectivity index (χ4n) is 3.71. The van der Waals surface area contributed by atoms with E-state index in [0.29, 0.717) is 24.6 Å². The number of hydrogen-bond acceptors (Lipinski definition) is 6. The summed E-state index contributed by atoms with van der Waals surface area (Å²) in [6.07, 6.45) is 10.2. The number of Topliss-reactive ketones (excluding diaryl/α,β-unsaturated/α-hetero) is 1. The molecule has 31 heavy (non-hydrogen) atoms. The number of hydrogen-bond donors (Lipinski definition) is 2. The van der Waals surface area contributed by atoms with Crippen LogP contribution in [0.15, 0.2) is 41.1 Å². The first-order valence-corrected chi connectivity index (χ1v) is 12.4. The largest absolute Gasteiger partial charge is 0.468 e. The molecule has 1 saturated heterocycles. The first-order valence-electron chi connectivity index (χ1n) is 10.9. The first-order chi connectivity index (χ1) is 15.1. The molecule has 168 valence electrons. The number of aromatic nitrogens is 1. The van der Waals surface area contributed by atoms with Crippen molar-refractivity contribution >= 4 is 22.5 Å². The molecule has 2 atom stereocenters. The molecule has 0 bridgehead atoms. The smallest absolute Gasteiger partial charge is 0.232 e. The Morgan fingerprint density at radius 1 is 1.26 bits per heavy atom. The number of pyridine rings is 1. The molecule has 2 unspecified atom stereocenters. The van der Waals surface area contributed by atoms with Gasteiger partial charge in [0, 0.05) is 35.2 Å². The lowest BCUT2D eigenvalue weighted by atomic mass is 10.0. The predicted octanol–water partition coefficient (Wildman–Crippen LogP) is 2.32. The van der Waals surface area contributed by atoms with Gasteiger partial charge in [-0.15, -0.1) is 0 Å². The summed E-state index contributed by atoms with van der Waals surface area (Å²) in [5.41, 5.74) is 2.13. The maximum Gasteiger partial charge on any atom is 0.232 e. The molecule has 1 amide bonds. The van der Waals surface area contributed by atoms with Gasteiger partial charge in [0.25, 0.3) is 0 Å². The van der Waals surface area contributed by atoms with E-state index in [9.17, 15) is 13.8 Å². The number of carbonyl (C=O) groups is 2. The minimum absolute atomic E-state index is 0.0531. The van der Waals surface area contributed by atoms with Crippen LogP contribution >= 0.6 is 0 Å². The van der Waals surface area contributed by atoms with Crippen molar-refractivity contribution in [2.24, 2.45) is 0 Å². The van der Waals surface area contributed by atoms with Crippen molar-refractivity contribution in [3.8, 4) is 0 Å². The summed E-state index contributed by atoms with van der Waals surface area (Å²) in [5, 5.41) is 6.17. The van der Waals surface area contributed by atoms with Crippen LogP contribution in [-0.2, 0) is 39.0 Å². The number of nitrogens with one attached hydrogen (secondary N) is 2. The summed E-state index contributed by atoms with van der Waals surface area (Å²) in [7, 11) is -1.37. The molecule has 3 heterocycles. The Morgan fingerprint density at radius 3 is 3.00 bits per heavy atom. The summed E-state index contributed by atoms with van der Waals surface area (Å²) in [5.74, 6) is 0.156. The lowest BCUT2D eigenvalue weighted by Crippen LogP contribution is -2.33. The average Bonchev–Trinajstić information content (AvgIpc) is 3.12. The number of amides is 1. The first kappa shape index (κ1) is 23.3. The third kappa shape index (κ3) is 8.75. The van der Waals surface area contributed by atoms with Crippen LogP contribution in [0.25, 0.3) is 0 Å². The molecule has 0 radical (unpaired) electrons. The predicted molar refractivity (Wildman–Crippen MR) is 120 cm³/mol. The van der Waals surface area contributed by atoms with Crippen molar-refractivity contribution in [2.75, 3.05) is 18.8 Å². The topological polar surface area (TPSA) is 101 Å². The highest BCUT2D eigenvalue weighted by Gasteiger charge is 2.14. The highest BCUT2D eigenvalue weighted by atomic mass is 32.2. The van der Waals surface area contributed by atoms with Gasteiger partial charge < -0.3 is 15.1 Å². The summed E-state index contributed by atoms with van der Waals surface area (Å²) in [6.45, 7) is 1.03. The molecule has 1 fully saturated rings. The molecule has 1 aliphatic rings. The SMILES string of the molecule is O=C(CCc1cc(CC2CCCCCN2)ccn1)CNC(=O)CS(=O)Cc1ccco1. The van der Waals surface area contributed by atoms with Crippen LogP contribution in [0.2, 0.25) is 0 Å². The molecule has 2 N–H and O–H groups in total. The van der Waals surface area contributed by atoms with Crippen LogP contribution < -0.4 is 10.6 Å². The molecule has 3 rings (SSSR count). The van der Waals surface area contributed by atoms with Crippen molar-refractivity contribution in [3.05, 3.63) is 53.7 Å². The second-order valence-corrected chi connectivity index (χ2v) is 9.44. The monoisotopic (exact) mass is 445 g/mol. The zero-order chi connectivity index (χ0) is 21.9. The van der Waals surface area contributed by atoms with Crippen LogP contribution in [0.5, 0.6) is 0 Å². The maximum atomic E-state index is 12.2. The third-order valence-electron chi connectivity index (χ3n) is 5.34. The molecular formula is C23H31N3O4S. The molecule has 1 aliphatic heterocycles. The minimum Gasteiger partial charge on any atom is -0.468 e. The Balaban J connectivity index is 1.36. The van der Waals surface area contributed by atoms with Crippen molar-refractivity contribution in [1.29, 1.82) is 0 Å². The fourth-order valence-corrected chi connectivity index (χ4v) is 4.68. The second kappa shape index (κ2) is 12.5. The van der Waals surface area contributed by atoms with Gasteiger partial charge in [-0.3, -0.25) is 18.8 Å². The number of ketones is 1. The third-order valence-corrected chi connectivity index (χ3v) is 6.53. The van der Waals surface area contributed by atoms with Crippen LogP contribution in [0, 0.1) is 0 Å². The Morgan fingerprint density at radius 2 is 2.16 bits per heavy atom. The van der Waals surface area contributed by atoms with E-state index in [1.165, 1.54) is 37.5 Å². The number of rotatable bonds is 11. The summed E-state index contributed by atoms with van der Waals surface area (Å²) in [4.78, 5) is 28.5. The summed E-state index contributed by atoms with van der Waals surface area (Å²) >= 11 is 0. The van der Waals surface area contributed by atoms with Gasteiger partial charge in [-0.1, -0.05) is 12.8 Å². The summed E-state index contributed by atoms with van der Waals surface area (Å²) < 4.78 is 17.1. The van der Waals surface area contributed by atoms with Gasteiger partial charge in [0.15, 0.2) is 5.78 Å². The molecule has 8 heteroatoms. The van der Waals surface area contributed by atoms with E-state index in [0.717, 1.165) is 18.7 Å². The molecule has 0 saturated carbocycles. The normalized spacial score (nSPS) is 17.6. The standard InChI is InChI=1S/C23H31N3O4S/c27-21(15-26-23(28)17-31(29)16-22-6-4-12-30-22)8-7-20-14-18(9-11-25-20)13-19-5-2-1-3-10-24-19/h4,6,9,11-12,14,19,24H,1-3,5,7-8,10,13,15-17H2,(H,26,28). The molecule has 0 aromatic carbocycles. The van der Waals surface area contributed by atoms with Gasteiger partial charge >= 0.3 is 0 Å². The van der Waals surface area contributed by atoms with E-state index >= 15 is 0 Å². The lowest BCUT2D eigenvalue weighted by Gasteiger charge is -2.16. The van der Waals surface area contributed by atoms with Gasteiger partial charge in [0.05, 0.1) is 18.6 Å². The van der Waals surface area contributed by atoms with Crippen LogP contribution in [0.4, 0.5) is 0 Å². The van der Waals surface area contributed by atoms with E-state index in [4.69, 9.17) is 4.42 Å². The molecule has 7 nitrogen and oxygen atoms in total. The Hall–Kier alpha value is -2.32. The second-order valence-electron chi connectivity index (χ2n) is 7.98. The summed E-state index contributed by atoms with van der Waals surface area (Å²) in [6, 6.07) is 8.06. The molecule has 2 aromatic heterocycles. The van der Waals surface area contributed by atoms with Gasteiger partial charge in [-0.2, -0.15) is 0 Å². The number of furan rings is 1. The zero-order valence-corrected chi connectivity index (χ0v) is 18.6. The van der Waals surface area contributed by atoms with Gasteiger partial charge in [0.1, 0.15) is 11.5 Å². The van der Waals surface area contributed by atoms with Crippen molar-refractivity contribution in [1.82, 2.24) is 15.6 Å². The fraction of sp³-hybridized carbons (Fsp3) is 0.522. The van der Waals surface area contributed by atoms with Crippen LogP contribution in [0.3, 0.4) is 0 Å². The number of aryl methyl sites for hydroxylation is 1. The van der Waals surface area contributed by atoms with Crippen molar-refractivity contribution < 1.29 is 18.2 Å². The molecular weight excluding hydrogens is 414 g/mol. The Labute approximate surface area is 185 Å². The highest BCUT2D eigenvalue weighted by molar-refractivity contribution is 7.84. The molecule has 0 aliphatic carbocycles. The quantitative estimate of drug-likeness (QED) is 0.550. The molecule has 2 aromatic rings. The van der Waals surface area contributed by atoms with E-state index in [-0.39, 0.29) is 23.8 Å². The van der Waals surface area contributed by atoms with Crippen LogP contribution in [0.1, 0.15) is 49.1 Å². The van der Waals surface area contributed by atoms with E-state index in [1.54, 1.807) is 12.1 Å². The van der Waals surface area contributed by atoms with Crippen LogP contribution in [-0.4, -0.2) is 45.8 Å². The maximum absolute atomic E-state index is 12.2. The van der Waals surface area contributed by atoms with Gasteiger partial charge in [0.2, 0.25) is 5.91 Å². The molecule has 0 spiro atoms. The van der Waals surface area contributed by atoms with Gasteiger partial charge in [-0.05, 0) is 62.1 Å². The number of carbonyl (C=O) groups excluding carboxylic acids is 2. The highest BCUT2D eigenvalue weighted by Crippen LogP contribution is 2.14. The van der Waals surface area contributed by atoms with Crippen molar-refractivity contribution in [3.63, 3.8) is 0 Å². The Kier molecular flexibility index (Phi) is 9.42. The van der Waals surface area contributed by atoms with E-state index in [1.807, 2.05) is 12.3 Å². The van der Waals surface area contributed by atoms with Gasteiger partial charge in [-0.25, -0.2) is 0 Å². The Bertz CT molecular complexity index is 861. The average molecular weight is 446 g/mol. The number of nitrogens with zero attached hydrogens (tertiary/aromatic N) is 1. The van der Waals surface area contributed by atoms with Crippen molar-refractivity contribution in [2.45, 2.75) is 56.7 Å².